The van der Waals surface area contributed by atoms with Crippen molar-refractivity contribution < 1.29 is 9.47 Å². The SMILES string of the molecule is CN=C(NCc1ccnc(OC2CCCC2)c1)N1CCC(N2CCOCC2)C1.I. The summed E-state index contributed by atoms with van der Waals surface area (Å²) in [6.07, 6.45) is 8.20. The second-order valence-corrected chi connectivity index (χ2v) is 7.96. The molecule has 0 spiro atoms. The Morgan fingerprint density at radius 1 is 1.24 bits per heavy atom. The van der Waals surface area contributed by atoms with Gasteiger partial charge in [0.25, 0.3) is 0 Å². The quantitative estimate of drug-likeness (QED) is 0.370. The summed E-state index contributed by atoms with van der Waals surface area (Å²) in [7, 11) is 1.87. The van der Waals surface area contributed by atoms with E-state index in [1.165, 1.54) is 24.8 Å². The number of aromatic nitrogens is 1. The van der Waals surface area contributed by atoms with Crippen LogP contribution in [0.15, 0.2) is 23.3 Å². The van der Waals surface area contributed by atoms with Gasteiger partial charge in [-0.25, -0.2) is 4.98 Å². The maximum absolute atomic E-state index is 6.03. The molecule has 1 unspecified atom stereocenters. The predicted molar refractivity (Wildman–Crippen MR) is 125 cm³/mol. The molecule has 4 rings (SSSR count). The van der Waals surface area contributed by atoms with E-state index in [-0.39, 0.29) is 24.0 Å². The third-order valence-electron chi connectivity index (χ3n) is 6.08. The van der Waals surface area contributed by atoms with E-state index in [0.717, 1.165) is 70.6 Å². The van der Waals surface area contributed by atoms with Crippen molar-refractivity contribution in [3.63, 3.8) is 0 Å². The Labute approximate surface area is 191 Å². The molecule has 0 radical (unpaired) electrons. The van der Waals surface area contributed by atoms with Gasteiger partial charge >= 0.3 is 0 Å². The first-order valence-electron chi connectivity index (χ1n) is 10.7. The number of guanidine groups is 1. The van der Waals surface area contributed by atoms with E-state index in [0.29, 0.717) is 12.1 Å². The van der Waals surface area contributed by atoms with E-state index >= 15 is 0 Å². The molecule has 3 heterocycles. The molecule has 29 heavy (non-hydrogen) atoms. The van der Waals surface area contributed by atoms with Crippen molar-refractivity contribution in [3.8, 4) is 5.88 Å². The van der Waals surface area contributed by atoms with E-state index in [4.69, 9.17) is 9.47 Å². The van der Waals surface area contributed by atoms with Gasteiger partial charge in [0, 0.05) is 58.1 Å². The third kappa shape index (κ3) is 6.18. The molecule has 1 atom stereocenters. The van der Waals surface area contributed by atoms with Gasteiger partial charge in [-0.15, -0.1) is 24.0 Å². The fourth-order valence-electron chi connectivity index (χ4n) is 4.49. The normalized spacial score (nSPS) is 23.8. The van der Waals surface area contributed by atoms with Crippen LogP contribution >= 0.6 is 24.0 Å². The molecule has 1 N–H and O–H groups in total. The molecule has 1 aromatic rings. The van der Waals surface area contributed by atoms with Gasteiger partial charge in [-0.3, -0.25) is 9.89 Å². The summed E-state index contributed by atoms with van der Waals surface area (Å²) >= 11 is 0. The topological polar surface area (TPSA) is 62.2 Å². The lowest BCUT2D eigenvalue weighted by molar-refractivity contribution is 0.0195. The molecule has 2 aliphatic heterocycles. The zero-order chi connectivity index (χ0) is 19.2. The lowest BCUT2D eigenvalue weighted by Gasteiger charge is -2.32. The number of rotatable bonds is 5. The molecule has 1 aromatic heterocycles. The highest BCUT2D eigenvalue weighted by molar-refractivity contribution is 14.0. The van der Waals surface area contributed by atoms with Crippen LogP contribution < -0.4 is 10.1 Å². The van der Waals surface area contributed by atoms with E-state index in [2.05, 4.69) is 31.2 Å². The zero-order valence-electron chi connectivity index (χ0n) is 17.4. The molecule has 3 fully saturated rings. The van der Waals surface area contributed by atoms with Crippen LogP contribution in [0.1, 0.15) is 37.7 Å². The molecular weight excluding hydrogens is 481 g/mol. The van der Waals surface area contributed by atoms with Crippen molar-refractivity contribution >= 4 is 29.9 Å². The standard InChI is InChI=1S/C21H33N5O2.HI/c1-22-21(26-9-7-18(16-26)25-10-12-27-13-11-25)24-15-17-6-8-23-20(14-17)28-19-4-2-3-5-19;/h6,8,14,18-19H,2-5,7,9-13,15-16H2,1H3,(H,22,24);1H. The van der Waals surface area contributed by atoms with Gasteiger partial charge < -0.3 is 19.7 Å². The molecule has 1 aliphatic carbocycles. The Hall–Kier alpha value is -1.13. The minimum absolute atomic E-state index is 0. The van der Waals surface area contributed by atoms with Crippen LogP contribution in [0, 0.1) is 0 Å². The predicted octanol–water partition coefficient (Wildman–Crippen LogP) is 2.50. The van der Waals surface area contributed by atoms with Crippen molar-refractivity contribution in [2.45, 2.75) is 50.8 Å². The first kappa shape index (κ1) is 22.6. The summed E-state index contributed by atoms with van der Waals surface area (Å²) in [5, 5.41) is 3.52. The van der Waals surface area contributed by atoms with Gasteiger partial charge in [0.1, 0.15) is 6.10 Å². The summed E-state index contributed by atoms with van der Waals surface area (Å²) in [5.74, 6) is 1.72. The number of hydrogen-bond donors (Lipinski definition) is 1. The number of pyridine rings is 1. The molecule has 8 heteroatoms. The van der Waals surface area contributed by atoms with E-state index in [1.54, 1.807) is 0 Å². The highest BCUT2D eigenvalue weighted by atomic mass is 127. The third-order valence-corrected chi connectivity index (χ3v) is 6.08. The summed E-state index contributed by atoms with van der Waals surface area (Å²) in [6.45, 7) is 6.62. The number of halogens is 1. The van der Waals surface area contributed by atoms with E-state index in [1.807, 2.05) is 19.3 Å². The average Bonchev–Trinajstić information content (AvgIpc) is 3.42. The summed E-state index contributed by atoms with van der Waals surface area (Å²) < 4.78 is 11.5. The Balaban J connectivity index is 0.00000240. The van der Waals surface area contributed by atoms with Crippen LogP contribution in [0.5, 0.6) is 5.88 Å². The summed E-state index contributed by atoms with van der Waals surface area (Å²) in [6, 6.07) is 4.70. The molecule has 7 nitrogen and oxygen atoms in total. The van der Waals surface area contributed by atoms with E-state index < -0.39 is 0 Å². The number of nitrogens with zero attached hydrogens (tertiary/aromatic N) is 4. The Kier molecular flexibility index (Phi) is 8.80. The smallest absolute Gasteiger partial charge is 0.213 e. The number of morpholine rings is 1. The first-order valence-corrected chi connectivity index (χ1v) is 10.7. The number of nitrogens with one attached hydrogen (secondary N) is 1. The number of ether oxygens (including phenoxy) is 2. The van der Waals surface area contributed by atoms with Crippen LogP contribution in [0.3, 0.4) is 0 Å². The number of likely N-dealkylation sites (tertiary alicyclic amines) is 1. The Morgan fingerprint density at radius 3 is 2.79 bits per heavy atom. The van der Waals surface area contributed by atoms with Crippen LogP contribution in [-0.2, 0) is 11.3 Å². The second-order valence-electron chi connectivity index (χ2n) is 7.96. The van der Waals surface area contributed by atoms with Gasteiger partial charge in [0.05, 0.1) is 13.2 Å². The lowest BCUT2D eigenvalue weighted by atomic mass is 10.2. The molecular formula is C21H34IN5O2. The Bertz CT molecular complexity index is 662. The highest BCUT2D eigenvalue weighted by Crippen LogP contribution is 2.23. The van der Waals surface area contributed by atoms with Crippen LogP contribution in [0.25, 0.3) is 0 Å². The maximum Gasteiger partial charge on any atom is 0.213 e. The maximum atomic E-state index is 6.03. The van der Waals surface area contributed by atoms with Gasteiger partial charge in [-0.05, 0) is 43.7 Å². The number of aliphatic imine (C=N–C) groups is 1. The molecule has 0 amide bonds. The Morgan fingerprint density at radius 2 is 2.03 bits per heavy atom. The van der Waals surface area contributed by atoms with Gasteiger partial charge in [-0.2, -0.15) is 0 Å². The molecule has 2 saturated heterocycles. The highest BCUT2D eigenvalue weighted by Gasteiger charge is 2.30. The van der Waals surface area contributed by atoms with Crippen molar-refractivity contribution in [1.29, 1.82) is 0 Å². The molecule has 0 aromatic carbocycles. The average molecular weight is 515 g/mol. The molecule has 3 aliphatic rings. The fourth-order valence-corrected chi connectivity index (χ4v) is 4.49. The number of hydrogen-bond acceptors (Lipinski definition) is 5. The van der Waals surface area contributed by atoms with Crippen LogP contribution in [0.4, 0.5) is 0 Å². The van der Waals surface area contributed by atoms with Gasteiger partial charge in [0.15, 0.2) is 5.96 Å². The summed E-state index contributed by atoms with van der Waals surface area (Å²) in [5.41, 5.74) is 1.17. The monoisotopic (exact) mass is 515 g/mol. The van der Waals surface area contributed by atoms with Crippen molar-refractivity contribution in [3.05, 3.63) is 23.9 Å². The van der Waals surface area contributed by atoms with Crippen LogP contribution in [-0.4, -0.2) is 79.3 Å². The molecule has 162 valence electrons. The van der Waals surface area contributed by atoms with Crippen molar-refractivity contribution in [1.82, 2.24) is 20.1 Å². The largest absolute Gasteiger partial charge is 0.474 e. The van der Waals surface area contributed by atoms with Gasteiger partial charge in [-0.1, -0.05) is 0 Å². The van der Waals surface area contributed by atoms with Crippen LogP contribution in [0.2, 0.25) is 0 Å². The summed E-state index contributed by atoms with van der Waals surface area (Å²) in [4.78, 5) is 13.8. The first-order chi connectivity index (χ1) is 13.8. The lowest BCUT2D eigenvalue weighted by Crippen LogP contribution is -2.46. The fraction of sp³-hybridized carbons (Fsp3) is 0.714. The molecule has 1 saturated carbocycles. The van der Waals surface area contributed by atoms with Crippen molar-refractivity contribution in [2.24, 2.45) is 4.99 Å². The van der Waals surface area contributed by atoms with Gasteiger partial charge in [0.2, 0.25) is 5.88 Å². The van der Waals surface area contributed by atoms with E-state index in [9.17, 15) is 0 Å². The minimum Gasteiger partial charge on any atom is -0.474 e. The molecule has 0 bridgehead atoms. The second kappa shape index (κ2) is 11.3. The minimum atomic E-state index is 0. The zero-order valence-corrected chi connectivity index (χ0v) is 19.7. The van der Waals surface area contributed by atoms with Crippen molar-refractivity contribution in [2.75, 3.05) is 46.4 Å².